The van der Waals surface area contributed by atoms with Crippen LogP contribution < -0.4 is 9.84 Å². The van der Waals surface area contributed by atoms with E-state index >= 15 is 0 Å². The van der Waals surface area contributed by atoms with E-state index in [0.717, 1.165) is 42.4 Å². The number of carbonyl (C=O) groups excluding carboxylic acids is 2. The maximum Gasteiger partial charge on any atom is 0.438 e. The van der Waals surface area contributed by atoms with Crippen LogP contribution in [0.2, 0.25) is 0 Å². The fraction of sp³-hybridized carbons (Fsp3) is 0.462. The summed E-state index contributed by atoms with van der Waals surface area (Å²) in [6, 6.07) is 14.9. The molecule has 2 rings (SSSR count). The summed E-state index contributed by atoms with van der Waals surface area (Å²) < 4.78 is 5.04. The fourth-order valence-electron chi connectivity index (χ4n) is 3.69. The first-order valence-electron chi connectivity index (χ1n) is 12.0. The minimum absolute atomic E-state index is 0.0709. The van der Waals surface area contributed by atoms with E-state index in [-0.39, 0.29) is 6.54 Å². The van der Waals surface area contributed by atoms with Gasteiger partial charge in [0.1, 0.15) is 5.75 Å². The van der Waals surface area contributed by atoms with E-state index in [1.54, 1.807) is 12.1 Å². The second kappa shape index (κ2) is 16.0. The highest BCUT2D eigenvalue weighted by Crippen LogP contribution is 2.26. The number of hydrogen-bond acceptors (Lipinski definition) is 8. The molecule has 2 amide bonds. The lowest BCUT2D eigenvalue weighted by Crippen LogP contribution is -2.36. The highest BCUT2D eigenvalue weighted by Gasteiger charge is 2.13. The highest BCUT2D eigenvalue weighted by molar-refractivity contribution is 5.69. The van der Waals surface area contributed by atoms with Gasteiger partial charge in [-0.05, 0) is 59.9 Å². The summed E-state index contributed by atoms with van der Waals surface area (Å²) in [4.78, 5) is 42.5. The fourth-order valence-corrected chi connectivity index (χ4v) is 3.69. The zero-order valence-corrected chi connectivity index (χ0v) is 21.5. The average Bonchev–Trinajstić information content (AvgIpc) is 2.88. The second-order valence-electron chi connectivity index (χ2n) is 8.40. The molecule has 196 valence electrons. The van der Waals surface area contributed by atoms with Crippen molar-refractivity contribution in [1.82, 2.24) is 10.0 Å². The van der Waals surface area contributed by atoms with Crippen LogP contribution in [-0.4, -0.2) is 29.3 Å². The lowest BCUT2D eigenvalue weighted by molar-refractivity contribution is -0.266. The first kappa shape index (κ1) is 30.2. The predicted octanol–water partition coefficient (Wildman–Crippen LogP) is 6.12. The van der Waals surface area contributed by atoms with Crippen molar-refractivity contribution in [2.45, 2.75) is 71.8 Å². The Labute approximate surface area is 212 Å². The molecule has 0 aromatic heterocycles. The average molecular weight is 500 g/mol. The van der Waals surface area contributed by atoms with Crippen LogP contribution in [0.5, 0.6) is 5.75 Å². The molecule has 10 heteroatoms. The number of carboxylic acid groups (broad SMARTS) is 1. The number of amides is 2. The molecule has 0 bridgehead atoms. The third kappa shape index (κ3) is 9.81. The molecule has 36 heavy (non-hydrogen) atoms. The van der Waals surface area contributed by atoms with Crippen molar-refractivity contribution in [2.24, 2.45) is 10.6 Å². The Kier molecular flexibility index (Phi) is 13.4. The number of nitrogens with zero attached hydrogens (tertiary/aromatic N) is 4. The molecular weight excluding hydrogens is 464 g/mol. The SMILES string of the molecule is CCC(CC)c1cccc(OC(=O)N(C)N=O)c1.CCCC(C)c1cccc(CN(N=O)C(=O)[O-])c1. The van der Waals surface area contributed by atoms with E-state index in [2.05, 4.69) is 38.3 Å². The smallest absolute Gasteiger partial charge is 0.438 e. The maximum atomic E-state index is 11.4. The van der Waals surface area contributed by atoms with E-state index in [9.17, 15) is 24.5 Å². The molecule has 0 saturated carbocycles. The number of carbonyl (C=O) groups is 2. The van der Waals surface area contributed by atoms with Gasteiger partial charge >= 0.3 is 6.09 Å². The topological polar surface area (TPSA) is 132 Å². The Morgan fingerprint density at radius 3 is 2.17 bits per heavy atom. The summed E-state index contributed by atoms with van der Waals surface area (Å²) >= 11 is 0. The predicted molar refractivity (Wildman–Crippen MR) is 136 cm³/mol. The molecule has 0 aliphatic heterocycles. The molecule has 0 fully saturated rings. The number of nitroso groups, excluding NO2 is 2. The first-order valence-corrected chi connectivity index (χ1v) is 12.0. The maximum absolute atomic E-state index is 11.4. The molecule has 0 heterocycles. The van der Waals surface area contributed by atoms with Crippen LogP contribution in [0.25, 0.3) is 0 Å². The van der Waals surface area contributed by atoms with Gasteiger partial charge in [0.05, 0.1) is 17.1 Å². The minimum Gasteiger partial charge on any atom is -0.529 e. The minimum atomic E-state index is -1.59. The molecular formula is C26H35N4O6-. The van der Waals surface area contributed by atoms with E-state index < -0.39 is 12.2 Å². The van der Waals surface area contributed by atoms with Crippen LogP contribution >= 0.6 is 0 Å². The summed E-state index contributed by atoms with van der Waals surface area (Å²) in [5, 5.41) is 16.5. The summed E-state index contributed by atoms with van der Waals surface area (Å²) in [6.07, 6.45) is 1.85. The summed E-state index contributed by atoms with van der Waals surface area (Å²) in [5.74, 6) is 1.29. The molecule has 1 unspecified atom stereocenters. The van der Waals surface area contributed by atoms with Gasteiger partial charge in [-0.3, -0.25) is 0 Å². The van der Waals surface area contributed by atoms with E-state index in [1.165, 1.54) is 7.05 Å². The zero-order chi connectivity index (χ0) is 27.1. The molecule has 1 atom stereocenters. The Morgan fingerprint density at radius 1 is 0.972 bits per heavy atom. The molecule has 2 aromatic carbocycles. The second-order valence-corrected chi connectivity index (χ2v) is 8.40. The Balaban J connectivity index is 0.000000360. The zero-order valence-electron chi connectivity index (χ0n) is 21.5. The van der Waals surface area contributed by atoms with Crippen molar-refractivity contribution in [2.75, 3.05) is 7.05 Å². The van der Waals surface area contributed by atoms with Crippen molar-refractivity contribution >= 4 is 12.2 Å². The molecule has 0 radical (unpaired) electrons. The van der Waals surface area contributed by atoms with Crippen LogP contribution in [0.15, 0.2) is 59.1 Å². The van der Waals surface area contributed by atoms with E-state index in [0.29, 0.717) is 27.6 Å². The number of ether oxygens (including phenoxy) is 1. The van der Waals surface area contributed by atoms with Gasteiger partial charge in [0, 0.05) is 7.05 Å². The number of rotatable bonds is 11. The standard InChI is InChI=1S/2C13H18N2O3/c1-4-10(5-2)11-7-6-8-12(9-11)18-13(16)15(3)14-17;1-3-5-10(2)12-7-4-6-11(8-12)9-15(14-18)13(16)17/h6-10H,4-5H2,1-3H3;4,6-8,10H,3,5,9H2,1-2H3,(H,16,17)/p-1. The Hall–Kier alpha value is -3.82. The summed E-state index contributed by atoms with van der Waals surface area (Å²) in [5.41, 5.74) is 3.00. The number of benzene rings is 2. The quantitative estimate of drug-likeness (QED) is 0.270. The molecule has 0 spiro atoms. The van der Waals surface area contributed by atoms with Gasteiger partial charge in [-0.2, -0.15) is 5.01 Å². The lowest BCUT2D eigenvalue weighted by Gasteiger charge is -2.17. The molecule has 0 N–H and O–H groups in total. The molecule has 0 aliphatic carbocycles. The van der Waals surface area contributed by atoms with Crippen LogP contribution in [0, 0.1) is 9.81 Å². The highest BCUT2D eigenvalue weighted by atomic mass is 16.6. The van der Waals surface area contributed by atoms with Crippen LogP contribution in [0.3, 0.4) is 0 Å². The summed E-state index contributed by atoms with van der Waals surface area (Å²) in [6.45, 7) is 8.41. The van der Waals surface area contributed by atoms with Gasteiger partial charge in [0.25, 0.3) is 0 Å². The molecule has 0 saturated heterocycles. The van der Waals surface area contributed by atoms with Crippen LogP contribution in [0.4, 0.5) is 9.59 Å². The van der Waals surface area contributed by atoms with Gasteiger partial charge in [-0.15, -0.1) is 9.81 Å². The lowest BCUT2D eigenvalue weighted by atomic mass is 9.94. The van der Waals surface area contributed by atoms with Gasteiger partial charge in [0.15, 0.2) is 6.09 Å². The molecule has 0 aliphatic rings. The van der Waals surface area contributed by atoms with Crippen molar-refractivity contribution in [3.63, 3.8) is 0 Å². The van der Waals surface area contributed by atoms with Crippen molar-refractivity contribution in [3.05, 3.63) is 75.0 Å². The van der Waals surface area contributed by atoms with Crippen molar-refractivity contribution < 1.29 is 19.4 Å². The monoisotopic (exact) mass is 499 g/mol. The van der Waals surface area contributed by atoms with Gasteiger partial charge < -0.3 is 14.6 Å². The molecule has 10 nitrogen and oxygen atoms in total. The third-order valence-electron chi connectivity index (χ3n) is 5.79. The van der Waals surface area contributed by atoms with Gasteiger partial charge in [-0.25, -0.2) is 9.80 Å². The van der Waals surface area contributed by atoms with E-state index in [1.807, 2.05) is 36.4 Å². The first-order chi connectivity index (χ1) is 17.2. The van der Waals surface area contributed by atoms with Gasteiger partial charge in [-0.1, -0.05) is 70.5 Å². The van der Waals surface area contributed by atoms with E-state index in [4.69, 9.17) is 4.74 Å². The largest absolute Gasteiger partial charge is 0.529 e. The van der Waals surface area contributed by atoms with Crippen molar-refractivity contribution in [1.29, 1.82) is 0 Å². The Morgan fingerprint density at radius 2 is 1.61 bits per heavy atom. The third-order valence-corrected chi connectivity index (χ3v) is 5.79. The van der Waals surface area contributed by atoms with Crippen molar-refractivity contribution in [3.8, 4) is 5.75 Å². The van der Waals surface area contributed by atoms with Crippen LogP contribution in [-0.2, 0) is 6.54 Å². The Bertz CT molecular complexity index is 996. The molecule has 2 aromatic rings. The summed E-state index contributed by atoms with van der Waals surface area (Å²) in [7, 11) is 1.25. The van der Waals surface area contributed by atoms with Crippen LogP contribution in [0.1, 0.15) is 81.9 Å². The number of hydrogen-bond donors (Lipinski definition) is 0. The normalized spacial score (nSPS) is 11.1. The van der Waals surface area contributed by atoms with Gasteiger partial charge in [0.2, 0.25) is 0 Å².